The number of carbonyl (C=O) groups excluding carboxylic acids is 1. The number of pyridine rings is 1. The molecule has 0 bridgehead atoms. The maximum atomic E-state index is 10.9. The van der Waals surface area contributed by atoms with Crippen LogP contribution in [0.2, 0.25) is 0 Å². The third-order valence-corrected chi connectivity index (χ3v) is 3.60. The van der Waals surface area contributed by atoms with Gasteiger partial charge in [0.1, 0.15) is 11.6 Å². The summed E-state index contributed by atoms with van der Waals surface area (Å²) in [6.45, 7) is 7.07. The summed E-state index contributed by atoms with van der Waals surface area (Å²) >= 11 is 0. The smallest absolute Gasteiger partial charge is 0.129 e. The average Bonchev–Trinajstić information content (AvgIpc) is 2.45. The Morgan fingerprint density at radius 1 is 1.21 bits per heavy atom. The zero-order valence-electron chi connectivity index (χ0n) is 11.7. The van der Waals surface area contributed by atoms with Gasteiger partial charge in [-0.15, -0.1) is 0 Å². The van der Waals surface area contributed by atoms with Crippen LogP contribution in [0, 0.1) is 0 Å². The zero-order valence-corrected chi connectivity index (χ0v) is 11.7. The van der Waals surface area contributed by atoms with E-state index in [2.05, 4.69) is 20.9 Å². The van der Waals surface area contributed by atoms with Crippen molar-refractivity contribution in [2.45, 2.75) is 26.2 Å². The number of carbonyl (C=O) groups is 1. The van der Waals surface area contributed by atoms with Crippen molar-refractivity contribution in [1.29, 1.82) is 0 Å². The van der Waals surface area contributed by atoms with Gasteiger partial charge in [-0.1, -0.05) is 6.07 Å². The fourth-order valence-electron chi connectivity index (χ4n) is 2.45. The Labute approximate surface area is 115 Å². The molecule has 1 aromatic rings. The summed E-state index contributed by atoms with van der Waals surface area (Å²) in [5.41, 5.74) is 0. The molecule has 1 aliphatic heterocycles. The summed E-state index contributed by atoms with van der Waals surface area (Å²) in [4.78, 5) is 20.1. The summed E-state index contributed by atoms with van der Waals surface area (Å²) in [6, 6.07) is 6.06. The molecule has 1 aliphatic rings. The summed E-state index contributed by atoms with van der Waals surface area (Å²) in [5.74, 6) is 1.39. The number of hydrogen-bond acceptors (Lipinski definition) is 4. The second kappa shape index (κ2) is 7.24. The lowest BCUT2D eigenvalue weighted by Crippen LogP contribution is -2.46. The highest BCUT2D eigenvalue weighted by Crippen LogP contribution is 2.12. The molecule has 0 aromatic carbocycles. The monoisotopic (exact) mass is 261 g/mol. The van der Waals surface area contributed by atoms with Crippen molar-refractivity contribution >= 4 is 11.6 Å². The molecule has 1 aromatic heterocycles. The first-order valence-corrected chi connectivity index (χ1v) is 7.13. The van der Waals surface area contributed by atoms with Crippen molar-refractivity contribution in [3.05, 3.63) is 24.4 Å². The van der Waals surface area contributed by atoms with E-state index in [4.69, 9.17) is 0 Å². The first-order chi connectivity index (χ1) is 9.25. The lowest BCUT2D eigenvalue weighted by Gasteiger charge is -2.35. The Kier molecular flexibility index (Phi) is 5.33. The Bertz CT molecular complexity index is 386. The van der Waals surface area contributed by atoms with Gasteiger partial charge in [0.15, 0.2) is 0 Å². The Hall–Kier alpha value is -1.42. The predicted molar refractivity (Wildman–Crippen MR) is 77.4 cm³/mol. The van der Waals surface area contributed by atoms with Crippen LogP contribution in [0.4, 0.5) is 5.82 Å². The van der Waals surface area contributed by atoms with Crippen LogP contribution < -0.4 is 4.90 Å². The first-order valence-electron chi connectivity index (χ1n) is 7.13. The lowest BCUT2D eigenvalue weighted by atomic mass is 10.2. The van der Waals surface area contributed by atoms with Crippen molar-refractivity contribution in [3.63, 3.8) is 0 Å². The largest absolute Gasteiger partial charge is 0.354 e. The van der Waals surface area contributed by atoms with Gasteiger partial charge in [0, 0.05) is 38.8 Å². The van der Waals surface area contributed by atoms with Crippen molar-refractivity contribution < 1.29 is 4.79 Å². The summed E-state index contributed by atoms with van der Waals surface area (Å²) in [7, 11) is 0. The van der Waals surface area contributed by atoms with Gasteiger partial charge in [0.2, 0.25) is 0 Å². The van der Waals surface area contributed by atoms with Gasteiger partial charge < -0.3 is 9.69 Å². The van der Waals surface area contributed by atoms with E-state index < -0.39 is 0 Å². The highest BCUT2D eigenvalue weighted by Gasteiger charge is 2.17. The van der Waals surface area contributed by atoms with Gasteiger partial charge in [-0.2, -0.15) is 0 Å². The standard InChI is InChI=1S/C15H23N3O/c1-14(19)6-3-5-9-17-10-12-18(13-11-17)15-7-2-4-8-16-15/h2,4,7-8H,3,5-6,9-13H2,1H3. The van der Waals surface area contributed by atoms with E-state index in [1.807, 2.05) is 18.3 Å². The maximum absolute atomic E-state index is 10.9. The van der Waals surface area contributed by atoms with Crippen LogP contribution in [0.3, 0.4) is 0 Å². The third kappa shape index (κ3) is 4.63. The molecule has 0 atom stereocenters. The molecule has 19 heavy (non-hydrogen) atoms. The van der Waals surface area contributed by atoms with Crippen LogP contribution in [-0.4, -0.2) is 48.4 Å². The quantitative estimate of drug-likeness (QED) is 0.734. The maximum Gasteiger partial charge on any atom is 0.129 e. The number of piperazine rings is 1. The second-order valence-electron chi connectivity index (χ2n) is 5.18. The minimum absolute atomic E-state index is 0.306. The molecule has 0 saturated carbocycles. The van der Waals surface area contributed by atoms with Crippen molar-refractivity contribution in [3.8, 4) is 0 Å². The molecule has 1 fully saturated rings. The minimum atomic E-state index is 0.306. The fourth-order valence-corrected chi connectivity index (χ4v) is 2.45. The van der Waals surface area contributed by atoms with E-state index >= 15 is 0 Å². The molecule has 0 amide bonds. The second-order valence-corrected chi connectivity index (χ2v) is 5.18. The van der Waals surface area contributed by atoms with E-state index in [1.165, 1.54) is 0 Å². The molecule has 0 spiro atoms. The van der Waals surface area contributed by atoms with Gasteiger partial charge in [-0.05, 0) is 38.4 Å². The molecular weight excluding hydrogens is 238 g/mol. The van der Waals surface area contributed by atoms with Crippen LogP contribution in [-0.2, 0) is 4.79 Å². The first kappa shape index (κ1) is 14.0. The third-order valence-electron chi connectivity index (χ3n) is 3.60. The highest BCUT2D eigenvalue weighted by molar-refractivity contribution is 5.75. The summed E-state index contributed by atoms with van der Waals surface area (Å²) in [6.07, 6.45) is 4.73. The summed E-state index contributed by atoms with van der Waals surface area (Å²) < 4.78 is 0. The van der Waals surface area contributed by atoms with Gasteiger partial charge in [0.05, 0.1) is 0 Å². The van der Waals surface area contributed by atoms with Crippen LogP contribution in [0.15, 0.2) is 24.4 Å². The number of nitrogens with zero attached hydrogens (tertiary/aromatic N) is 3. The van der Waals surface area contributed by atoms with Crippen LogP contribution in [0.1, 0.15) is 26.2 Å². The van der Waals surface area contributed by atoms with E-state index in [0.717, 1.165) is 57.8 Å². The predicted octanol–water partition coefficient (Wildman–Crippen LogP) is 1.96. The Morgan fingerprint density at radius 3 is 2.63 bits per heavy atom. The zero-order chi connectivity index (χ0) is 13.5. The number of hydrogen-bond donors (Lipinski definition) is 0. The van der Waals surface area contributed by atoms with E-state index in [9.17, 15) is 4.79 Å². The van der Waals surface area contributed by atoms with Gasteiger partial charge in [-0.25, -0.2) is 4.98 Å². The van der Waals surface area contributed by atoms with E-state index in [1.54, 1.807) is 6.92 Å². The molecule has 0 unspecified atom stereocenters. The summed E-state index contributed by atoms with van der Waals surface area (Å²) in [5, 5.41) is 0. The molecule has 0 N–H and O–H groups in total. The molecule has 0 aliphatic carbocycles. The molecule has 0 radical (unpaired) electrons. The lowest BCUT2D eigenvalue weighted by molar-refractivity contribution is -0.117. The topological polar surface area (TPSA) is 36.4 Å². The minimum Gasteiger partial charge on any atom is -0.354 e. The number of aromatic nitrogens is 1. The Morgan fingerprint density at radius 2 is 2.00 bits per heavy atom. The molecule has 2 heterocycles. The fraction of sp³-hybridized carbons (Fsp3) is 0.600. The van der Waals surface area contributed by atoms with Crippen LogP contribution in [0.25, 0.3) is 0 Å². The average molecular weight is 261 g/mol. The molecule has 4 heteroatoms. The van der Waals surface area contributed by atoms with Crippen molar-refractivity contribution in [2.75, 3.05) is 37.6 Å². The van der Waals surface area contributed by atoms with Gasteiger partial charge in [-0.3, -0.25) is 4.90 Å². The van der Waals surface area contributed by atoms with Crippen molar-refractivity contribution in [1.82, 2.24) is 9.88 Å². The van der Waals surface area contributed by atoms with E-state index in [0.29, 0.717) is 5.78 Å². The highest BCUT2D eigenvalue weighted by atomic mass is 16.1. The SMILES string of the molecule is CC(=O)CCCCN1CCN(c2ccccn2)CC1. The van der Waals surface area contributed by atoms with Crippen LogP contribution >= 0.6 is 0 Å². The number of Topliss-reactive ketones (excluding diaryl/α,β-unsaturated/α-hetero) is 1. The number of anilines is 1. The van der Waals surface area contributed by atoms with Gasteiger partial charge >= 0.3 is 0 Å². The Balaban J connectivity index is 1.67. The van der Waals surface area contributed by atoms with Crippen LogP contribution in [0.5, 0.6) is 0 Å². The van der Waals surface area contributed by atoms with Crippen molar-refractivity contribution in [2.24, 2.45) is 0 Å². The molecule has 2 rings (SSSR count). The van der Waals surface area contributed by atoms with Gasteiger partial charge in [0.25, 0.3) is 0 Å². The number of ketones is 1. The normalized spacial score (nSPS) is 16.6. The number of rotatable bonds is 6. The molecule has 4 nitrogen and oxygen atoms in total. The number of unbranched alkanes of at least 4 members (excludes halogenated alkanes) is 1. The molecular formula is C15H23N3O. The molecule has 104 valence electrons. The molecule has 1 saturated heterocycles. The van der Waals surface area contributed by atoms with E-state index in [-0.39, 0.29) is 0 Å².